The standard InChI is InChI=1S/C18H18FNO4S/c1-23-16-5-3-2-4-15(16)20-17(21)12-24-18(22)10-11-25-14-8-6-13(19)7-9-14/h2-9H,10-12H2,1H3,(H,20,21). The van der Waals surface area contributed by atoms with Crippen molar-refractivity contribution in [3.05, 3.63) is 54.3 Å². The van der Waals surface area contributed by atoms with Crippen molar-refractivity contribution in [3.8, 4) is 5.75 Å². The zero-order valence-corrected chi connectivity index (χ0v) is 14.5. The molecular formula is C18H18FNO4S. The Balaban J connectivity index is 1.68. The predicted molar refractivity (Wildman–Crippen MR) is 94.3 cm³/mol. The van der Waals surface area contributed by atoms with Gasteiger partial charge in [-0.05, 0) is 36.4 Å². The van der Waals surface area contributed by atoms with E-state index in [0.717, 1.165) is 4.90 Å². The number of carbonyl (C=O) groups excluding carboxylic acids is 2. The molecule has 1 N–H and O–H groups in total. The molecule has 0 unspecified atom stereocenters. The zero-order chi connectivity index (χ0) is 18.1. The van der Waals surface area contributed by atoms with Gasteiger partial charge in [-0.25, -0.2) is 4.39 Å². The second kappa shape index (κ2) is 9.68. The van der Waals surface area contributed by atoms with Gasteiger partial charge in [0.15, 0.2) is 6.61 Å². The van der Waals surface area contributed by atoms with Crippen molar-refractivity contribution in [3.63, 3.8) is 0 Å². The number of nitrogens with one attached hydrogen (secondary N) is 1. The summed E-state index contributed by atoms with van der Waals surface area (Å²) >= 11 is 1.41. The fourth-order valence-electron chi connectivity index (χ4n) is 1.94. The third-order valence-electron chi connectivity index (χ3n) is 3.13. The summed E-state index contributed by atoms with van der Waals surface area (Å²) < 4.78 is 22.9. The van der Waals surface area contributed by atoms with Crippen molar-refractivity contribution in [2.24, 2.45) is 0 Å². The highest BCUT2D eigenvalue weighted by Gasteiger charge is 2.10. The first-order chi connectivity index (χ1) is 12.1. The van der Waals surface area contributed by atoms with Crippen LogP contribution in [0.4, 0.5) is 10.1 Å². The van der Waals surface area contributed by atoms with Crippen LogP contribution in [0, 0.1) is 5.82 Å². The summed E-state index contributed by atoms with van der Waals surface area (Å²) in [7, 11) is 1.50. The van der Waals surface area contributed by atoms with E-state index in [0.29, 0.717) is 17.2 Å². The Hall–Kier alpha value is -2.54. The molecule has 5 nitrogen and oxygen atoms in total. The molecule has 2 rings (SSSR count). The molecule has 0 spiro atoms. The molecule has 2 aromatic rings. The highest BCUT2D eigenvalue weighted by molar-refractivity contribution is 7.99. The molecule has 0 atom stereocenters. The van der Waals surface area contributed by atoms with Gasteiger partial charge in [0.05, 0.1) is 19.2 Å². The number of ether oxygens (including phenoxy) is 2. The predicted octanol–water partition coefficient (Wildman–Crippen LogP) is 3.50. The summed E-state index contributed by atoms with van der Waals surface area (Å²) in [6.45, 7) is -0.363. The van der Waals surface area contributed by atoms with Crippen LogP contribution in [-0.2, 0) is 14.3 Å². The van der Waals surface area contributed by atoms with Crippen LogP contribution in [0.1, 0.15) is 6.42 Å². The topological polar surface area (TPSA) is 64.6 Å². The molecule has 0 aromatic heterocycles. The quantitative estimate of drug-likeness (QED) is 0.574. The molecule has 0 heterocycles. The first kappa shape index (κ1) is 18.8. The number of esters is 1. The van der Waals surface area contributed by atoms with Crippen molar-refractivity contribution in [2.45, 2.75) is 11.3 Å². The largest absolute Gasteiger partial charge is 0.495 e. The monoisotopic (exact) mass is 363 g/mol. The fraction of sp³-hybridized carbons (Fsp3) is 0.222. The Morgan fingerprint density at radius 3 is 2.56 bits per heavy atom. The molecule has 0 bridgehead atoms. The van der Waals surface area contributed by atoms with Gasteiger partial charge >= 0.3 is 5.97 Å². The van der Waals surface area contributed by atoms with Crippen molar-refractivity contribution < 1.29 is 23.5 Å². The van der Waals surface area contributed by atoms with Crippen LogP contribution in [0.3, 0.4) is 0 Å². The summed E-state index contributed by atoms with van der Waals surface area (Å²) in [5, 5.41) is 2.62. The number of methoxy groups -OCH3 is 1. The van der Waals surface area contributed by atoms with Gasteiger partial charge in [0, 0.05) is 10.6 Å². The van der Waals surface area contributed by atoms with E-state index >= 15 is 0 Å². The lowest BCUT2D eigenvalue weighted by molar-refractivity contribution is -0.146. The summed E-state index contributed by atoms with van der Waals surface area (Å²) in [5.74, 6) is -0.199. The van der Waals surface area contributed by atoms with E-state index in [1.54, 1.807) is 36.4 Å². The Kier molecular flexibility index (Phi) is 7.28. The smallest absolute Gasteiger partial charge is 0.307 e. The molecule has 0 aliphatic rings. The van der Waals surface area contributed by atoms with E-state index in [2.05, 4.69) is 5.32 Å². The summed E-state index contributed by atoms with van der Waals surface area (Å²) in [5.41, 5.74) is 0.512. The van der Waals surface area contributed by atoms with Crippen LogP contribution in [0.2, 0.25) is 0 Å². The number of hydrogen-bond donors (Lipinski definition) is 1. The highest BCUT2D eigenvalue weighted by atomic mass is 32.2. The number of thioether (sulfide) groups is 1. The van der Waals surface area contributed by atoms with Gasteiger partial charge in [0.25, 0.3) is 5.91 Å². The van der Waals surface area contributed by atoms with E-state index in [9.17, 15) is 14.0 Å². The molecule has 0 aliphatic carbocycles. The average molecular weight is 363 g/mol. The van der Waals surface area contributed by atoms with Crippen molar-refractivity contribution in [1.82, 2.24) is 0 Å². The number of anilines is 1. The number of hydrogen-bond acceptors (Lipinski definition) is 5. The zero-order valence-electron chi connectivity index (χ0n) is 13.7. The average Bonchev–Trinajstić information content (AvgIpc) is 2.62. The van der Waals surface area contributed by atoms with Crippen LogP contribution in [0.25, 0.3) is 0 Å². The molecule has 0 radical (unpaired) electrons. The molecule has 132 valence electrons. The maximum atomic E-state index is 12.8. The molecular weight excluding hydrogens is 345 g/mol. The van der Waals surface area contributed by atoms with Gasteiger partial charge < -0.3 is 14.8 Å². The van der Waals surface area contributed by atoms with Crippen molar-refractivity contribution >= 4 is 29.3 Å². The van der Waals surface area contributed by atoms with E-state index in [4.69, 9.17) is 9.47 Å². The van der Waals surface area contributed by atoms with Crippen molar-refractivity contribution in [2.75, 3.05) is 24.8 Å². The molecule has 7 heteroatoms. The summed E-state index contributed by atoms with van der Waals surface area (Å²) in [6, 6.07) is 13.0. The minimum atomic E-state index is -0.468. The van der Waals surface area contributed by atoms with Gasteiger partial charge in [-0.3, -0.25) is 9.59 Å². The Bertz CT molecular complexity index is 721. The number of rotatable bonds is 8. The lowest BCUT2D eigenvalue weighted by Crippen LogP contribution is -2.21. The third-order valence-corrected chi connectivity index (χ3v) is 4.15. The SMILES string of the molecule is COc1ccccc1NC(=O)COC(=O)CCSc1ccc(F)cc1. The van der Waals surface area contributed by atoms with Gasteiger partial charge in [-0.2, -0.15) is 0 Å². The first-order valence-electron chi connectivity index (χ1n) is 7.55. The van der Waals surface area contributed by atoms with Crippen LogP contribution in [0.15, 0.2) is 53.4 Å². The number of halogens is 1. The van der Waals surface area contributed by atoms with Crippen LogP contribution in [-0.4, -0.2) is 31.3 Å². The van der Waals surface area contributed by atoms with Crippen LogP contribution < -0.4 is 10.1 Å². The Morgan fingerprint density at radius 1 is 1.12 bits per heavy atom. The van der Waals surface area contributed by atoms with E-state index in [1.807, 2.05) is 0 Å². The Morgan fingerprint density at radius 2 is 1.84 bits per heavy atom. The normalized spacial score (nSPS) is 10.2. The number of para-hydroxylation sites is 2. The molecule has 0 saturated carbocycles. The maximum absolute atomic E-state index is 12.8. The first-order valence-corrected chi connectivity index (χ1v) is 8.54. The third kappa shape index (κ3) is 6.46. The lowest BCUT2D eigenvalue weighted by Gasteiger charge is -2.10. The van der Waals surface area contributed by atoms with Gasteiger partial charge in [0.2, 0.25) is 0 Å². The highest BCUT2D eigenvalue weighted by Crippen LogP contribution is 2.23. The van der Waals surface area contributed by atoms with Gasteiger partial charge in [0.1, 0.15) is 11.6 Å². The van der Waals surface area contributed by atoms with Gasteiger partial charge in [-0.1, -0.05) is 12.1 Å². The van der Waals surface area contributed by atoms with Crippen molar-refractivity contribution in [1.29, 1.82) is 0 Å². The molecule has 1 amide bonds. The number of amides is 1. The van der Waals surface area contributed by atoms with E-state index in [1.165, 1.54) is 31.0 Å². The van der Waals surface area contributed by atoms with E-state index in [-0.39, 0.29) is 18.8 Å². The molecule has 0 aliphatic heterocycles. The fourth-order valence-corrected chi connectivity index (χ4v) is 2.77. The Labute approximate surface area is 149 Å². The second-order valence-corrected chi connectivity index (χ2v) is 6.13. The summed E-state index contributed by atoms with van der Waals surface area (Å²) in [4.78, 5) is 24.4. The molecule has 25 heavy (non-hydrogen) atoms. The van der Waals surface area contributed by atoms with E-state index < -0.39 is 11.9 Å². The summed E-state index contributed by atoms with van der Waals surface area (Å²) in [6.07, 6.45) is 0.157. The molecule has 0 fully saturated rings. The van der Waals surface area contributed by atoms with Gasteiger partial charge in [-0.15, -0.1) is 11.8 Å². The van der Waals surface area contributed by atoms with Crippen LogP contribution in [0.5, 0.6) is 5.75 Å². The minimum absolute atomic E-state index is 0.157. The van der Waals surface area contributed by atoms with Crippen LogP contribution >= 0.6 is 11.8 Å². The number of carbonyl (C=O) groups is 2. The maximum Gasteiger partial charge on any atom is 0.307 e. The second-order valence-electron chi connectivity index (χ2n) is 4.96. The molecule has 0 saturated heterocycles. The lowest BCUT2D eigenvalue weighted by atomic mass is 10.3. The minimum Gasteiger partial charge on any atom is -0.495 e. The molecule has 2 aromatic carbocycles. The number of benzene rings is 2.